The van der Waals surface area contributed by atoms with E-state index in [1.54, 1.807) is 0 Å². The number of primary amides is 1. The molecule has 11 heavy (non-hydrogen) atoms. The Balaban J connectivity index is 2.52. The van der Waals surface area contributed by atoms with Gasteiger partial charge in [0.2, 0.25) is 5.91 Å². The zero-order chi connectivity index (χ0) is 8.27. The Morgan fingerprint density at radius 3 is 3.00 bits per heavy atom. The van der Waals surface area contributed by atoms with E-state index >= 15 is 0 Å². The van der Waals surface area contributed by atoms with E-state index in [1.807, 2.05) is 11.9 Å². The highest BCUT2D eigenvalue weighted by atomic mass is 16.1. The average Bonchev–Trinajstić information content (AvgIpc) is 2.13. The fourth-order valence-corrected chi connectivity index (χ4v) is 1.35. The molecule has 0 aromatic rings. The summed E-state index contributed by atoms with van der Waals surface area (Å²) in [6, 6.07) is -0.0787. The fourth-order valence-electron chi connectivity index (χ4n) is 1.35. The van der Waals surface area contributed by atoms with Crippen LogP contribution in [0.25, 0.3) is 0 Å². The van der Waals surface area contributed by atoms with Gasteiger partial charge in [-0.25, -0.2) is 0 Å². The standard InChI is InChI=1S/C7H15N3O/c1-10-5-4-9-3-2-6(10)7(8)11/h6,9H,2-5H2,1H3,(H2,8,11). The van der Waals surface area contributed by atoms with Crippen LogP contribution in [-0.2, 0) is 4.79 Å². The number of nitrogens with one attached hydrogen (secondary N) is 1. The summed E-state index contributed by atoms with van der Waals surface area (Å²) in [7, 11) is 1.93. The van der Waals surface area contributed by atoms with Crippen LogP contribution >= 0.6 is 0 Å². The molecule has 1 saturated heterocycles. The van der Waals surface area contributed by atoms with E-state index in [1.165, 1.54) is 0 Å². The molecule has 1 atom stereocenters. The summed E-state index contributed by atoms with van der Waals surface area (Å²) in [5.41, 5.74) is 5.22. The highest BCUT2D eigenvalue weighted by Gasteiger charge is 2.21. The normalized spacial score (nSPS) is 27.9. The number of rotatable bonds is 1. The summed E-state index contributed by atoms with van der Waals surface area (Å²) < 4.78 is 0. The van der Waals surface area contributed by atoms with Crippen molar-refractivity contribution < 1.29 is 4.79 Å². The van der Waals surface area contributed by atoms with E-state index in [4.69, 9.17) is 5.73 Å². The Labute approximate surface area is 66.7 Å². The van der Waals surface area contributed by atoms with Gasteiger partial charge in [0.05, 0.1) is 6.04 Å². The Morgan fingerprint density at radius 2 is 2.36 bits per heavy atom. The zero-order valence-corrected chi connectivity index (χ0v) is 6.84. The van der Waals surface area contributed by atoms with Crippen LogP contribution in [0.4, 0.5) is 0 Å². The van der Waals surface area contributed by atoms with Crippen LogP contribution in [0.3, 0.4) is 0 Å². The van der Waals surface area contributed by atoms with Crippen molar-refractivity contribution in [2.24, 2.45) is 5.73 Å². The van der Waals surface area contributed by atoms with E-state index in [0.717, 1.165) is 26.1 Å². The first-order valence-corrected chi connectivity index (χ1v) is 3.92. The van der Waals surface area contributed by atoms with Gasteiger partial charge in [-0.05, 0) is 20.0 Å². The van der Waals surface area contributed by atoms with Gasteiger partial charge in [-0.1, -0.05) is 0 Å². The molecule has 4 nitrogen and oxygen atoms in total. The molecule has 1 fully saturated rings. The maximum absolute atomic E-state index is 10.9. The Kier molecular flexibility index (Phi) is 2.84. The van der Waals surface area contributed by atoms with Crippen LogP contribution in [0.2, 0.25) is 0 Å². The highest BCUT2D eigenvalue weighted by Crippen LogP contribution is 2.02. The molecule has 1 aliphatic rings. The molecule has 0 aromatic heterocycles. The minimum Gasteiger partial charge on any atom is -0.368 e. The molecule has 0 aliphatic carbocycles. The number of carbonyl (C=O) groups excluding carboxylic acids is 1. The Hall–Kier alpha value is -0.610. The molecule has 1 rings (SSSR count). The SMILES string of the molecule is CN1CCNCCC1C(N)=O. The first kappa shape index (κ1) is 8.49. The van der Waals surface area contributed by atoms with Crippen molar-refractivity contribution in [1.29, 1.82) is 0 Å². The lowest BCUT2D eigenvalue weighted by Gasteiger charge is -2.21. The van der Waals surface area contributed by atoms with Gasteiger partial charge < -0.3 is 11.1 Å². The summed E-state index contributed by atoms with van der Waals surface area (Å²) >= 11 is 0. The zero-order valence-electron chi connectivity index (χ0n) is 6.84. The van der Waals surface area contributed by atoms with Crippen LogP contribution in [-0.4, -0.2) is 43.5 Å². The van der Waals surface area contributed by atoms with Crippen LogP contribution in [0, 0.1) is 0 Å². The minimum atomic E-state index is -0.212. The lowest BCUT2D eigenvalue weighted by Crippen LogP contribution is -2.42. The summed E-state index contributed by atoms with van der Waals surface area (Å²) in [6.45, 7) is 2.73. The molecule has 1 heterocycles. The van der Waals surface area contributed by atoms with Crippen molar-refractivity contribution in [2.45, 2.75) is 12.5 Å². The van der Waals surface area contributed by atoms with Crippen molar-refractivity contribution in [3.05, 3.63) is 0 Å². The third-order valence-corrected chi connectivity index (χ3v) is 2.10. The smallest absolute Gasteiger partial charge is 0.234 e. The molecule has 1 amide bonds. The Morgan fingerprint density at radius 1 is 1.64 bits per heavy atom. The van der Waals surface area contributed by atoms with E-state index in [-0.39, 0.29) is 11.9 Å². The number of nitrogens with two attached hydrogens (primary N) is 1. The molecule has 64 valence electrons. The molecule has 1 unspecified atom stereocenters. The first-order valence-electron chi connectivity index (χ1n) is 3.92. The molecular weight excluding hydrogens is 142 g/mol. The third-order valence-electron chi connectivity index (χ3n) is 2.10. The Bertz CT molecular complexity index is 149. The fraction of sp³-hybridized carbons (Fsp3) is 0.857. The van der Waals surface area contributed by atoms with Crippen molar-refractivity contribution in [3.8, 4) is 0 Å². The second-order valence-corrected chi connectivity index (χ2v) is 2.94. The lowest BCUT2D eigenvalue weighted by atomic mass is 10.2. The van der Waals surface area contributed by atoms with Gasteiger partial charge in [0.25, 0.3) is 0 Å². The van der Waals surface area contributed by atoms with E-state index in [9.17, 15) is 4.79 Å². The quantitative estimate of drug-likeness (QED) is 0.501. The monoisotopic (exact) mass is 157 g/mol. The lowest BCUT2D eigenvalue weighted by molar-refractivity contribution is -0.122. The van der Waals surface area contributed by atoms with Gasteiger partial charge in [0, 0.05) is 13.1 Å². The van der Waals surface area contributed by atoms with E-state index in [0.29, 0.717) is 0 Å². The van der Waals surface area contributed by atoms with Crippen LogP contribution in [0.5, 0.6) is 0 Å². The third kappa shape index (κ3) is 2.17. The van der Waals surface area contributed by atoms with Crippen LogP contribution < -0.4 is 11.1 Å². The second-order valence-electron chi connectivity index (χ2n) is 2.94. The topological polar surface area (TPSA) is 58.4 Å². The second kappa shape index (κ2) is 3.69. The molecule has 1 aliphatic heterocycles. The number of amides is 1. The molecular formula is C7H15N3O. The number of carbonyl (C=O) groups is 1. The van der Waals surface area contributed by atoms with Crippen LogP contribution in [0.15, 0.2) is 0 Å². The average molecular weight is 157 g/mol. The predicted octanol–water partition coefficient (Wildman–Crippen LogP) is -1.23. The molecule has 0 aromatic carbocycles. The van der Waals surface area contributed by atoms with Gasteiger partial charge in [-0.15, -0.1) is 0 Å². The van der Waals surface area contributed by atoms with Gasteiger partial charge in [-0.3, -0.25) is 9.69 Å². The first-order chi connectivity index (χ1) is 5.22. The van der Waals surface area contributed by atoms with Gasteiger partial charge >= 0.3 is 0 Å². The summed E-state index contributed by atoms with van der Waals surface area (Å²) in [5, 5.41) is 3.21. The predicted molar refractivity (Wildman–Crippen MR) is 43.1 cm³/mol. The maximum Gasteiger partial charge on any atom is 0.234 e. The molecule has 0 bridgehead atoms. The summed E-state index contributed by atoms with van der Waals surface area (Å²) in [5.74, 6) is -0.212. The van der Waals surface area contributed by atoms with Crippen molar-refractivity contribution in [2.75, 3.05) is 26.7 Å². The van der Waals surface area contributed by atoms with Crippen LogP contribution in [0.1, 0.15) is 6.42 Å². The molecule has 0 radical (unpaired) electrons. The number of hydrogen-bond donors (Lipinski definition) is 2. The molecule has 0 saturated carbocycles. The van der Waals surface area contributed by atoms with Crippen molar-refractivity contribution in [1.82, 2.24) is 10.2 Å². The van der Waals surface area contributed by atoms with Crippen molar-refractivity contribution >= 4 is 5.91 Å². The van der Waals surface area contributed by atoms with E-state index < -0.39 is 0 Å². The summed E-state index contributed by atoms with van der Waals surface area (Å²) in [4.78, 5) is 12.9. The number of likely N-dealkylation sites (N-methyl/N-ethyl adjacent to an activating group) is 1. The number of nitrogens with zero attached hydrogens (tertiary/aromatic N) is 1. The van der Waals surface area contributed by atoms with Crippen molar-refractivity contribution in [3.63, 3.8) is 0 Å². The molecule has 4 heteroatoms. The number of hydrogen-bond acceptors (Lipinski definition) is 3. The highest BCUT2D eigenvalue weighted by molar-refractivity contribution is 5.79. The largest absolute Gasteiger partial charge is 0.368 e. The van der Waals surface area contributed by atoms with Gasteiger partial charge in [0.1, 0.15) is 0 Å². The molecule has 0 spiro atoms. The molecule has 3 N–H and O–H groups in total. The maximum atomic E-state index is 10.9. The minimum absolute atomic E-state index is 0.0787. The van der Waals surface area contributed by atoms with Gasteiger partial charge in [0.15, 0.2) is 0 Å². The summed E-state index contributed by atoms with van der Waals surface area (Å²) in [6.07, 6.45) is 0.825. The van der Waals surface area contributed by atoms with Gasteiger partial charge in [-0.2, -0.15) is 0 Å². The van der Waals surface area contributed by atoms with E-state index in [2.05, 4.69) is 5.32 Å².